The van der Waals surface area contributed by atoms with Gasteiger partial charge < -0.3 is 5.73 Å². The molecule has 4 nitrogen and oxygen atoms in total. The van der Waals surface area contributed by atoms with Gasteiger partial charge in [-0.3, -0.25) is 9.38 Å². The highest BCUT2D eigenvalue weighted by Crippen LogP contribution is 2.24. The van der Waals surface area contributed by atoms with E-state index in [0.717, 1.165) is 28.2 Å². The Labute approximate surface area is 105 Å². The number of imidazole rings is 1. The number of pyridine rings is 2. The third-order valence-electron chi connectivity index (χ3n) is 3.12. The zero-order valence-electron chi connectivity index (χ0n) is 10.2. The molecule has 0 aliphatic heterocycles. The van der Waals surface area contributed by atoms with Crippen molar-refractivity contribution >= 4 is 5.65 Å². The van der Waals surface area contributed by atoms with Crippen LogP contribution in [0, 0.1) is 6.92 Å². The molecule has 0 aliphatic carbocycles. The van der Waals surface area contributed by atoms with Crippen molar-refractivity contribution in [3.8, 4) is 11.3 Å². The Morgan fingerprint density at radius 1 is 1.22 bits per heavy atom. The Kier molecular flexibility index (Phi) is 2.57. The molecule has 0 saturated heterocycles. The molecule has 3 heterocycles. The first kappa shape index (κ1) is 10.9. The lowest BCUT2D eigenvalue weighted by Gasteiger charge is -2.08. The van der Waals surface area contributed by atoms with Crippen LogP contribution < -0.4 is 5.73 Å². The maximum atomic E-state index is 5.77. The molecule has 0 unspecified atom stereocenters. The molecular formula is C14H14N4. The van der Waals surface area contributed by atoms with Crippen LogP contribution in [0.25, 0.3) is 16.9 Å². The van der Waals surface area contributed by atoms with E-state index in [0.29, 0.717) is 6.54 Å². The summed E-state index contributed by atoms with van der Waals surface area (Å²) in [4.78, 5) is 8.55. The van der Waals surface area contributed by atoms with Crippen LogP contribution in [0.15, 0.2) is 42.9 Å². The number of aromatic nitrogens is 3. The smallest absolute Gasteiger partial charge is 0.137 e. The summed E-state index contributed by atoms with van der Waals surface area (Å²) in [6.07, 6.45) is 5.48. The van der Waals surface area contributed by atoms with E-state index in [1.54, 1.807) is 6.20 Å². The molecule has 0 fully saturated rings. The van der Waals surface area contributed by atoms with E-state index in [2.05, 4.69) is 27.4 Å². The largest absolute Gasteiger partial charge is 0.326 e. The van der Waals surface area contributed by atoms with Crippen molar-refractivity contribution in [2.24, 2.45) is 5.73 Å². The fourth-order valence-electron chi connectivity index (χ4n) is 2.23. The van der Waals surface area contributed by atoms with E-state index in [4.69, 9.17) is 5.73 Å². The monoisotopic (exact) mass is 238 g/mol. The fraction of sp³-hybridized carbons (Fsp3) is 0.143. The van der Waals surface area contributed by atoms with Crippen molar-refractivity contribution in [2.75, 3.05) is 0 Å². The third-order valence-corrected chi connectivity index (χ3v) is 3.12. The lowest BCUT2D eigenvalue weighted by atomic mass is 10.1. The minimum absolute atomic E-state index is 0.474. The van der Waals surface area contributed by atoms with E-state index < -0.39 is 0 Å². The van der Waals surface area contributed by atoms with Crippen LogP contribution in [-0.2, 0) is 6.54 Å². The van der Waals surface area contributed by atoms with Gasteiger partial charge in [0.1, 0.15) is 5.65 Å². The minimum atomic E-state index is 0.474. The average molecular weight is 238 g/mol. The summed E-state index contributed by atoms with van der Waals surface area (Å²) in [5, 5.41) is 0. The maximum Gasteiger partial charge on any atom is 0.137 e. The quantitative estimate of drug-likeness (QED) is 0.744. The van der Waals surface area contributed by atoms with Crippen molar-refractivity contribution < 1.29 is 0 Å². The molecule has 0 aromatic carbocycles. The van der Waals surface area contributed by atoms with Gasteiger partial charge in [0, 0.05) is 30.2 Å². The Balaban J connectivity index is 2.32. The molecule has 0 aliphatic rings. The van der Waals surface area contributed by atoms with Gasteiger partial charge in [-0.25, -0.2) is 4.98 Å². The summed E-state index contributed by atoms with van der Waals surface area (Å²) in [6.45, 7) is 2.55. The van der Waals surface area contributed by atoms with Crippen LogP contribution in [0.4, 0.5) is 0 Å². The van der Waals surface area contributed by atoms with Gasteiger partial charge in [0.15, 0.2) is 0 Å². The van der Waals surface area contributed by atoms with Crippen molar-refractivity contribution in [2.45, 2.75) is 13.5 Å². The van der Waals surface area contributed by atoms with Gasteiger partial charge in [-0.1, -0.05) is 6.07 Å². The van der Waals surface area contributed by atoms with Gasteiger partial charge in [0.25, 0.3) is 0 Å². The first-order chi connectivity index (χ1) is 8.81. The lowest BCUT2D eigenvalue weighted by Crippen LogP contribution is -2.01. The highest BCUT2D eigenvalue weighted by atomic mass is 15.0. The van der Waals surface area contributed by atoms with Crippen LogP contribution in [0.1, 0.15) is 11.3 Å². The topological polar surface area (TPSA) is 56.2 Å². The lowest BCUT2D eigenvalue weighted by molar-refractivity contribution is 1.04. The van der Waals surface area contributed by atoms with Crippen molar-refractivity contribution in [1.82, 2.24) is 14.4 Å². The Morgan fingerprint density at radius 2 is 2.11 bits per heavy atom. The van der Waals surface area contributed by atoms with Crippen LogP contribution in [0.3, 0.4) is 0 Å². The van der Waals surface area contributed by atoms with E-state index >= 15 is 0 Å². The molecule has 90 valence electrons. The summed E-state index contributed by atoms with van der Waals surface area (Å²) in [5.41, 5.74) is 11.1. The highest BCUT2D eigenvalue weighted by molar-refractivity contribution is 5.67. The van der Waals surface area contributed by atoms with Crippen molar-refractivity contribution in [3.05, 3.63) is 54.1 Å². The van der Waals surface area contributed by atoms with E-state index in [1.165, 1.54) is 0 Å². The summed E-state index contributed by atoms with van der Waals surface area (Å²) in [7, 11) is 0. The molecule has 0 bridgehead atoms. The van der Waals surface area contributed by atoms with Gasteiger partial charge in [0.2, 0.25) is 0 Å². The molecule has 0 spiro atoms. The molecule has 18 heavy (non-hydrogen) atoms. The number of hydrogen-bond acceptors (Lipinski definition) is 3. The SMILES string of the molecule is Cc1cccc2ncc(-c3ccncc3CN)n12. The summed E-state index contributed by atoms with van der Waals surface area (Å²) in [6, 6.07) is 8.07. The second-order valence-corrected chi connectivity index (χ2v) is 4.24. The second kappa shape index (κ2) is 4.23. The normalized spacial score (nSPS) is 11.0. The molecule has 0 amide bonds. The summed E-state index contributed by atoms with van der Waals surface area (Å²) >= 11 is 0. The number of nitrogens with zero attached hydrogens (tertiary/aromatic N) is 3. The minimum Gasteiger partial charge on any atom is -0.326 e. The van der Waals surface area contributed by atoms with Crippen LogP contribution in [0.2, 0.25) is 0 Å². The molecule has 0 atom stereocenters. The van der Waals surface area contributed by atoms with Crippen LogP contribution >= 0.6 is 0 Å². The molecule has 3 aromatic heterocycles. The number of aryl methyl sites for hydroxylation is 1. The molecule has 4 heteroatoms. The average Bonchev–Trinajstić information content (AvgIpc) is 2.84. The van der Waals surface area contributed by atoms with E-state index in [1.807, 2.05) is 30.6 Å². The third kappa shape index (κ3) is 1.58. The zero-order chi connectivity index (χ0) is 12.5. The number of fused-ring (bicyclic) bond motifs is 1. The molecule has 3 aromatic rings. The first-order valence-electron chi connectivity index (χ1n) is 5.87. The van der Waals surface area contributed by atoms with Crippen molar-refractivity contribution in [3.63, 3.8) is 0 Å². The standard InChI is InChI=1S/C14H14N4/c1-10-3-2-4-14-17-9-13(18(10)14)12-5-6-16-8-11(12)7-15/h2-6,8-9H,7,15H2,1H3. The molecular weight excluding hydrogens is 224 g/mol. The Morgan fingerprint density at radius 3 is 2.94 bits per heavy atom. The zero-order valence-corrected chi connectivity index (χ0v) is 10.2. The predicted molar refractivity (Wildman–Crippen MR) is 71.1 cm³/mol. The second-order valence-electron chi connectivity index (χ2n) is 4.24. The van der Waals surface area contributed by atoms with E-state index in [9.17, 15) is 0 Å². The summed E-state index contributed by atoms with van der Waals surface area (Å²) < 4.78 is 2.13. The fourth-order valence-corrected chi connectivity index (χ4v) is 2.23. The van der Waals surface area contributed by atoms with Gasteiger partial charge in [-0.15, -0.1) is 0 Å². The van der Waals surface area contributed by atoms with Gasteiger partial charge in [0.05, 0.1) is 11.9 Å². The Hall–Kier alpha value is -2.20. The van der Waals surface area contributed by atoms with Gasteiger partial charge in [-0.2, -0.15) is 0 Å². The molecule has 0 radical (unpaired) electrons. The van der Waals surface area contributed by atoms with Crippen molar-refractivity contribution in [1.29, 1.82) is 0 Å². The molecule has 2 N–H and O–H groups in total. The number of rotatable bonds is 2. The maximum absolute atomic E-state index is 5.77. The summed E-state index contributed by atoms with van der Waals surface area (Å²) in [5.74, 6) is 0. The van der Waals surface area contributed by atoms with E-state index in [-0.39, 0.29) is 0 Å². The van der Waals surface area contributed by atoms with Crippen LogP contribution in [0.5, 0.6) is 0 Å². The molecule has 3 rings (SSSR count). The Bertz CT molecular complexity index is 700. The first-order valence-corrected chi connectivity index (χ1v) is 5.87. The predicted octanol–water partition coefficient (Wildman–Crippen LogP) is 2.16. The number of nitrogens with two attached hydrogens (primary N) is 1. The number of hydrogen-bond donors (Lipinski definition) is 1. The van der Waals surface area contributed by atoms with Gasteiger partial charge in [-0.05, 0) is 30.7 Å². The highest BCUT2D eigenvalue weighted by Gasteiger charge is 2.10. The van der Waals surface area contributed by atoms with Crippen LogP contribution in [-0.4, -0.2) is 14.4 Å². The van der Waals surface area contributed by atoms with Gasteiger partial charge >= 0.3 is 0 Å². The molecule has 0 saturated carbocycles.